The first-order valence-corrected chi connectivity index (χ1v) is 17.7. The maximum Gasteiger partial charge on any atom is 0.328 e. The van der Waals surface area contributed by atoms with Crippen molar-refractivity contribution in [2.75, 3.05) is 27.4 Å². The summed E-state index contributed by atoms with van der Waals surface area (Å²) in [4.78, 5) is 27.7. The molecular weight excluding hydrogens is 655 g/mol. The topological polar surface area (TPSA) is 128 Å². The van der Waals surface area contributed by atoms with Gasteiger partial charge in [0.15, 0.2) is 0 Å². The van der Waals surface area contributed by atoms with Gasteiger partial charge in [0.1, 0.15) is 23.2 Å². The monoisotopic (exact) mass is 702 g/mol. The van der Waals surface area contributed by atoms with Crippen LogP contribution in [0.4, 0.5) is 0 Å². The molecule has 0 fully saturated rings. The number of aromatic nitrogens is 2. The molecule has 0 aliphatic rings. The highest BCUT2D eigenvalue weighted by Gasteiger charge is 2.40. The third-order valence-corrected chi connectivity index (χ3v) is 10.3. The maximum absolute atomic E-state index is 13.1. The molecule has 50 heavy (non-hydrogen) atoms. The molecule has 4 aromatic rings. The summed E-state index contributed by atoms with van der Waals surface area (Å²) in [5.74, 6) is 1.39. The molecule has 2 atom stereocenters. The number of nitrogens with one attached hydrogen (secondary N) is 1. The van der Waals surface area contributed by atoms with Gasteiger partial charge in [0.2, 0.25) is 0 Å². The van der Waals surface area contributed by atoms with Crippen LogP contribution in [-0.2, 0) is 25.9 Å². The van der Waals surface area contributed by atoms with Crippen molar-refractivity contribution in [1.82, 2.24) is 14.2 Å². The van der Waals surface area contributed by atoms with Crippen LogP contribution in [-0.4, -0.2) is 59.8 Å². The molecule has 1 N–H and O–H groups in total. The van der Waals surface area contributed by atoms with Crippen molar-refractivity contribution in [2.45, 2.75) is 71.4 Å². The minimum atomic E-state index is -1.72. The Morgan fingerprint density at radius 3 is 1.90 bits per heavy atom. The highest BCUT2D eigenvalue weighted by atomic mass is 31.2. The van der Waals surface area contributed by atoms with Gasteiger partial charge in [-0.2, -0.15) is 5.26 Å². The summed E-state index contributed by atoms with van der Waals surface area (Å²) in [5, 5.41) is 9.28. The van der Waals surface area contributed by atoms with Crippen molar-refractivity contribution in [3.8, 4) is 17.6 Å². The number of benzene rings is 3. The van der Waals surface area contributed by atoms with E-state index in [1.54, 1.807) is 21.1 Å². The fourth-order valence-corrected chi connectivity index (χ4v) is 7.49. The highest BCUT2D eigenvalue weighted by Crippen LogP contribution is 2.48. The predicted octanol–water partition coefficient (Wildman–Crippen LogP) is 6.53. The molecule has 1 aromatic heterocycles. The number of aromatic amines is 1. The van der Waals surface area contributed by atoms with Crippen LogP contribution in [0, 0.1) is 18.3 Å². The predicted molar refractivity (Wildman–Crippen MR) is 194 cm³/mol. The van der Waals surface area contributed by atoms with E-state index in [-0.39, 0.29) is 38.3 Å². The van der Waals surface area contributed by atoms with Crippen LogP contribution in [0.2, 0.25) is 0 Å². The van der Waals surface area contributed by atoms with Crippen molar-refractivity contribution < 1.29 is 23.3 Å². The first kappa shape index (κ1) is 38.5. The second-order valence-corrected chi connectivity index (χ2v) is 13.7. The number of nitrogens with zero attached hydrogens (tertiary/aromatic N) is 3. The molecule has 0 radical (unpaired) electrons. The molecule has 0 amide bonds. The number of aryl methyl sites for hydroxylation is 1. The smallest absolute Gasteiger partial charge is 0.328 e. The lowest BCUT2D eigenvalue weighted by Crippen LogP contribution is -2.41. The van der Waals surface area contributed by atoms with E-state index in [2.05, 4.69) is 43.4 Å². The van der Waals surface area contributed by atoms with Crippen LogP contribution in [0.3, 0.4) is 0 Å². The molecule has 3 aromatic carbocycles. The minimum Gasteiger partial charge on any atom is -0.497 e. The van der Waals surface area contributed by atoms with Crippen molar-refractivity contribution in [1.29, 1.82) is 5.26 Å². The lowest BCUT2D eigenvalue weighted by molar-refractivity contribution is -0.0387. The second-order valence-electron chi connectivity index (χ2n) is 12.3. The third kappa shape index (κ3) is 9.27. The second kappa shape index (κ2) is 18.1. The van der Waals surface area contributed by atoms with Crippen molar-refractivity contribution in [3.05, 3.63) is 128 Å². The Hall–Kier alpha value is -4.30. The van der Waals surface area contributed by atoms with Gasteiger partial charge in [-0.25, -0.2) is 9.46 Å². The zero-order valence-corrected chi connectivity index (χ0v) is 30.7. The zero-order chi connectivity index (χ0) is 36.3. The van der Waals surface area contributed by atoms with E-state index in [4.69, 9.17) is 23.3 Å². The van der Waals surface area contributed by atoms with Crippen molar-refractivity contribution in [2.24, 2.45) is 0 Å². The van der Waals surface area contributed by atoms with Gasteiger partial charge in [-0.05, 0) is 75.6 Å². The van der Waals surface area contributed by atoms with Crippen LogP contribution in [0.5, 0.6) is 11.5 Å². The maximum atomic E-state index is 13.1. The van der Waals surface area contributed by atoms with Gasteiger partial charge in [-0.15, -0.1) is 0 Å². The SMILES string of the molecule is COc1ccc(C(OC[C@@H](Cn2cc(C)c(=O)[nH]c2=O)OP(OCCC#N)N(C(C)C)C(C)C)(c2ccccc2)c2ccc(OC)cc2)cc1. The van der Waals surface area contributed by atoms with Crippen LogP contribution in [0.1, 0.15) is 56.4 Å². The lowest BCUT2D eigenvalue weighted by atomic mass is 9.80. The van der Waals surface area contributed by atoms with Gasteiger partial charge >= 0.3 is 5.69 Å². The molecule has 12 heteroatoms. The van der Waals surface area contributed by atoms with E-state index in [0.29, 0.717) is 17.1 Å². The molecule has 1 unspecified atom stereocenters. The Morgan fingerprint density at radius 2 is 1.40 bits per heavy atom. The number of hydrogen-bond acceptors (Lipinski definition) is 9. The Balaban J connectivity index is 1.88. The summed E-state index contributed by atoms with van der Waals surface area (Å²) in [6.07, 6.45) is 0.972. The first-order chi connectivity index (χ1) is 24.0. The fourth-order valence-electron chi connectivity index (χ4n) is 5.80. The quantitative estimate of drug-likeness (QED) is 0.0699. The van der Waals surface area contributed by atoms with Crippen molar-refractivity contribution >= 4 is 8.53 Å². The summed E-state index contributed by atoms with van der Waals surface area (Å²) in [6.45, 7) is 10.1. The van der Waals surface area contributed by atoms with E-state index in [9.17, 15) is 14.9 Å². The van der Waals surface area contributed by atoms with E-state index in [1.807, 2.05) is 78.9 Å². The van der Waals surface area contributed by atoms with E-state index in [1.165, 1.54) is 10.8 Å². The summed E-state index contributed by atoms with van der Waals surface area (Å²) >= 11 is 0. The Bertz CT molecular complexity index is 1750. The minimum absolute atomic E-state index is 0.00202. The third-order valence-electron chi connectivity index (χ3n) is 8.15. The normalized spacial score (nSPS) is 13.0. The number of rotatable bonds is 18. The van der Waals surface area contributed by atoms with Crippen molar-refractivity contribution in [3.63, 3.8) is 0 Å². The number of hydrogen-bond donors (Lipinski definition) is 1. The van der Waals surface area contributed by atoms with Gasteiger partial charge < -0.3 is 23.3 Å². The average Bonchev–Trinajstić information content (AvgIpc) is 3.11. The molecule has 0 saturated carbocycles. The van der Waals surface area contributed by atoms with Gasteiger partial charge in [-0.3, -0.25) is 14.3 Å². The molecule has 0 aliphatic heterocycles. The Kier molecular flexibility index (Phi) is 13.9. The van der Waals surface area contributed by atoms with Crippen LogP contribution in [0.25, 0.3) is 0 Å². The molecular formula is C38H47N4O7P. The van der Waals surface area contributed by atoms with Crippen LogP contribution < -0.4 is 20.7 Å². The molecule has 0 bridgehead atoms. The van der Waals surface area contributed by atoms with Crippen LogP contribution >= 0.6 is 8.53 Å². The van der Waals surface area contributed by atoms with Gasteiger partial charge in [0.25, 0.3) is 14.1 Å². The standard InChI is InChI=1S/C38H47N4O7P/c1-27(2)42(28(3)4)50(48-23-11-22-39)49-35(25-41-24-29(5)36(43)40-37(41)44)26-47-38(30-12-9-8-10-13-30,31-14-18-33(45-6)19-15-31)32-16-20-34(46-7)21-17-32/h8-10,12-21,24,27-28,35H,11,23,25-26H2,1-7H3,(H,40,43,44)/t35-,50?/m1/s1. The lowest BCUT2D eigenvalue weighted by Gasteiger charge is -2.39. The number of H-pyrrole nitrogens is 1. The molecule has 4 rings (SSSR count). The Labute approximate surface area is 295 Å². The molecule has 0 aliphatic carbocycles. The molecule has 0 saturated heterocycles. The molecule has 0 spiro atoms. The first-order valence-electron chi connectivity index (χ1n) is 16.6. The fraction of sp³-hybridized carbons (Fsp3) is 0.395. The van der Waals surface area contributed by atoms with E-state index >= 15 is 0 Å². The van der Waals surface area contributed by atoms with Gasteiger partial charge in [0.05, 0.1) is 46.5 Å². The van der Waals surface area contributed by atoms with E-state index in [0.717, 1.165) is 16.7 Å². The molecule has 1 heterocycles. The summed E-state index contributed by atoms with van der Waals surface area (Å²) < 4.78 is 34.8. The number of methoxy groups -OCH3 is 2. The summed E-state index contributed by atoms with van der Waals surface area (Å²) in [7, 11) is 1.53. The molecule has 11 nitrogen and oxygen atoms in total. The zero-order valence-electron chi connectivity index (χ0n) is 29.8. The Morgan fingerprint density at radius 1 is 0.860 bits per heavy atom. The number of ether oxygens (including phenoxy) is 3. The summed E-state index contributed by atoms with van der Waals surface area (Å²) in [5.41, 5.74) is 0.770. The van der Waals surface area contributed by atoms with Crippen LogP contribution in [0.15, 0.2) is 94.6 Å². The van der Waals surface area contributed by atoms with E-state index < -0.39 is 31.5 Å². The molecule has 266 valence electrons. The highest BCUT2D eigenvalue weighted by molar-refractivity contribution is 7.44. The summed E-state index contributed by atoms with van der Waals surface area (Å²) in [6, 6.07) is 27.6. The van der Waals surface area contributed by atoms with Gasteiger partial charge in [0, 0.05) is 23.8 Å². The average molecular weight is 703 g/mol. The number of nitriles is 1. The largest absolute Gasteiger partial charge is 0.497 e. The van der Waals surface area contributed by atoms with Gasteiger partial charge in [-0.1, -0.05) is 54.6 Å².